The van der Waals surface area contributed by atoms with E-state index in [0.717, 1.165) is 19.1 Å². The highest BCUT2D eigenvalue weighted by atomic mass is 16.5. The van der Waals surface area contributed by atoms with Crippen molar-refractivity contribution in [3.8, 4) is 0 Å². The van der Waals surface area contributed by atoms with Crippen LogP contribution >= 0.6 is 0 Å². The lowest BCUT2D eigenvalue weighted by Crippen LogP contribution is -2.08. The Kier molecular flexibility index (Phi) is 4.19. The van der Waals surface area contributed by atoms with Gasteiger partial charge < -0.3 is 15.5 Å². The van der Waals surface area contributed by atoms with Crippen molar-refractivity contribution in [1.82, 2.24) is 4.98 Å². The highest BCUT2D eigenvalue weighted by Crippen LogP contribution is 2.09. The zero-order chi connectivity index (χ0) is 10.4. The molecule has 0 radical (unpaired) electrons. The number of nitrogens with one attached hydrogen (secondary N) is 1. The van der Waals surface area contributed by atoms with Gasteiger partial charge in [0.2, 0.25) is 0 Å². The molecule has 1 atom stereocenters. The summed E-state index contributed by atoms with van der Waals surface area (Å²) in [6.07, 6.45) is 2.80. The Bertz CT molecular complexity index is 316. The summed E-state index contributed by atoms with van der Waals surface area (Å²) < 4.78 is 5.06. The van der Waals surface area contributed by atoms with Crippen molar-refractivity contribution in [3.63, 3.8) is 0 Å². The molecule has 0 spiro atoms. The van der Waals surface area contributed by atoms with Gasteiger partial charge in [-0.1, -0.05) is 6.92 Å². The van der Waals surface area contributed by atoms with Crippen LogP contribution in [0.5, 0.6) is 0 Å². The maximum atomic E-state index is 10.4. The van der Waals surface area contributed by atoms with E-state index in [-0.39, 0.29) is 11.2 Å². The van der Waals surface area contributed by atoms with Crippen molar-refractivity contribution in [2.75, 3.05) is 18.9 Å². The molecule has 1 aliphatic heterocycles. The van der Waals surface area contributed by atoms with E-state index < -0.39 is 0 Å². The number of anilines is 1. The number of rotatable bonds is 0. The number of aromatic nitrogens is 1. The van der Waals surface area contributed by atoms with Crippen LogP contribution in [-0.4, -0.2) is 18.2 Å². The number of hydrogen-bond donors (Lipinski definition) is 2. The van der Waals surface area contributed by atoms with Gasteiger partial charge in [0.25, 0.3) is 5.56 Å². The Morgan fingerprint density at radius 3 is 2.71 bits per heavy atom. The second-order valence-electron chi connectivity index (χ2n) is 3.42. The van der Waals surface area contributed by atoms with E-state index in [1.807, 2.05) is 0 Å². The number of aromatic amines is 1. The molecule has 0 saturated carbocycles. The number of nitrogens with two attached hydrogens (primary N) is 1. The van der Waals surface area contributed by atoms with Gasteiger partial charge in [0, 0.05) is 19.4 Å². The number of nitrogen functional groups attached to an aromatic ring is 1. The molecule has 0 aliphatic carbocycles. The first-order valence-corrected chi connectivity index (χ1v) is 4.71. The predicted molar refractivity (Wildman–Crippen MR) is 56.1 cm³/mol. The normalized spacial score (nSPS) is 19.9. The van der Waals surface area contributed by atoms with Crippen LogP contribution in [-0.2, 0) is 4.74 Å². The molecule has 2 heterocycles. The lowest BCUT2D eigenvalue weighted by molar-refractivity contribution is 0.188. The fraction of sp³-hybridized carbons (Fsp3) is 0.500. The predicted octanol–water partition coefficient (Wildman–Crippen LogP) is 1.000. The molecular formula is C10H16N2O2. The van der Waals surface area contributed by atoms with E-state index in [4.69, 9.17) is 10.5 Å². The molecule has 78 valence electrons. The quantitative estimate of drug-likeness (QED) is 0.650. The van der Waals surface area contributed by atoms with Crippen LogP contribution in [0.2, 0.25) is 0 Å². The molecule has 0 amide bonds. The first-order valence-electron chi connectivity index (χ1n) is 4.71. The van der Waals surface area contributed by atoms with Gasteiger partial charge in [-0.15, -0.1) is 0 Å². The Hall–Kier alpha value is -1.29. The summed E-state index contributed by atoms with van der Waals surface area (Å²) in [5, 5.41) is 0. The minimum atomic E-state index is -0.229. The summed E-state index contributed by atoms with van der Waals surface area (Å²) in [6, 6.07) is 3.23. The first kappa shape index (κ1) is 10.8. The SMILES string of the molecule is CC1CCOC1.Nc1ccc[nH]c1=O. The summed E-state index contributed by atoms with van der Waals surface area (Å²) in [7, 11) is 0. The average Bonchev–Trinajstić information content (AvgIpc) is 2.63. The van der Waals surface area contributed by atoms with Crippen LogP contribution in [0.1, 0.15) is 13.3 Å². The Labute approximate surface area is 83.1 Å². The molecule has 0 aromatic carbocycles. The lowest BCUT2D eigenvalue weighted by Gasteiger charge is -1.89. The van der Waals surface area contributed by atoms with E-state index in [9.17, 15) is 4.79 Å². The highest BCUT2D eigenvalue weighted by molar-refractivity contribution is 5.32. The van der Waals surface area contributed by atoms with Crippen LogP contribution in [0, 0.1) is 5.92 Å². The second kappa shape index (κ2) is 5.44. The molecule has 1 aromatic rings. The standard InChI is InChI=1S/C5H6N2O.C5H10O/c6-4-2-1-3-7-5(4)8;1-5-2-3-6-4-5/h1-3H,6H2,(H,7,8);5H,2-4H2,1H3. The molecule has 4 heteroatoms. The fourth-order valence-electron chi connectivity index (χ4n) is 1.09. The van der Waals surface area contributed by atoms with E-state index in [1.54, 1.807) is 18.3 Å². The van der Waals surface area contributed by atoms with Gasteiger partial charge in [-0.2, -0.15) is 0 Å². The summed E-state index contributed by atoms with van der Waals surface area (Å²) in [6.45, 7) is 4.19. The van der Waals surface area contributed by atoms with Gasteiger partial charge in [-0.3, -0.25) is 4.79 Å². The third-order valence-corrected chi connectivity index (χ3v) is 2.01. The molecule has 3 N–H and O–H groups in total. The summed E-state index contributed by atoms with van der Waals surface area (Å²) in [4.78, 5) is 12.9. The topological polar surface area (TPSA) is 68.1 Å². The molecular weight excluding hydrogens is 180 g/mol. The average molecular weight is 196 g/mol. The van der Waals surface area contributed by atoms with Gasteiger partial charge in [0.1, 0.15) is 0 Å². The van der Waals surface area contributed by atoms with E-state index in [0.29, 0.717) is 0 Å². The zero-order valence-electron chi connectivity index (χ0n) is 8.32. The van der Waals surface area contributed by atoms with Crippen molar-refractivity contribution < 1.29 is 4.74 Å². The molecule has 1 unspecified atom stereocenters. The Balaban J connectivity index is 0.000000146. The Morgan fingerprint density at radius 1 is 1.64 bits per heavy atom. The number of H-pyrrole nitrogens is 1. The molecule has 14 heavy (non-hydrogen) atoms. The molecule has 1 saturated heterocycles. The second-order valence-corrected chi connectivity index (χ2v) is 3.42. The van der Waals surface area contributed by atoms with Gasteiger partial charge in [0.05, 0.1) is 5.69 Å². The van der Waals surface area contributed by atoms with Crippen molar-refractivity contribution >= 4 is 5.69 Å². The zero-order valence-corrected chi connectivity index (χ0v) is 8.32. The maximum Gasteiger partial charge on any atom is 0.271 e. The fourth-order valence-corrected chi connectivity index (χ4v) is 1.09. The minimum Gasteiger partial charge on any atom is -0.394 e. The summed E-state index contributed by atoms with van der Waals surface area (Å²) >= 11 is 0. The molecule has 1 aromatic heterocycles. The monoisotopic (exact) mass is 196 g/mol. The molecule has 2 rings (SSSR count). The number of ether oxygens (including phenoxy) is 1. The molecule has 1 aliphatic rings. The van der Waals surface area contributed by atoms with Crippen LogP contribution < -0.4 is 11.3 Å². The third-order valence-electron chi connectivity index (χ3n) is 2.01. The van der Waals surface area contributed by atoms with Crippen molar-refractivity contribution in [3.05, 3.63) is 28.7 Å². The molecule has 1 fully saturated rings. The van der Waals surface area contributed by atoms with Gasteiger partial charge in [0.15, 0.2) is 0 Å². The first-order chi connectivity index (χ1) is 6.70. The highest BCUT2D eigenvalue weighted by Gasteiger charge is 2.07. The van der Waals surface area contributed by atoms with Gasteiger partial charge >= 0.3 is 0 Å². The third kappa shape index (κ3) is 3.62. The van der Waals surface area contributed by atoms with Crippen LogP contribution in [0.25, 0.3) is 0 Å². The molecule has 0 bridgehead atoms. The maximum absolute atomic E-state index is 10.4. The summed E-state index contributed by atoms with van der Waals surface area (Å²) in [5.74, 6) is 0.824. The van der Waals surface area contributed by atoms with Crippen LogP contribution in [0.4, 0.5) is 5.69 Å². The van der Waals surface area contributed by atoms with Gasteiger partial charge in [-0.25, -0.2) is 0 Å². The van der Waals surface area contributed by atoms with E-state index in [1.165, 1.54) is 6.42 Å². The van der Waals surface area contributed by atoms with Crippen molar-refractivity contribution in [2.24, 2.45) is 5.92 Å². The minimum absolute atomic E-state index is 0.229. The smallest absolute Gasteiger partial charge is 0.271 e. The number of hydrogen-bond acceptors (Lipinski definition) is 3. The van der Waals surface area contributed by atoms with Crippen molar-refractivity contribution in [1.29, 1.82) is 0 Å². The van der Waals surface area contributed by atoms with E-state index >= 15 is 0 Å². The van der Waals surface area contributed by atoms with E-state index in [2.05, 4.69) is 11.9 Å². The lowest BCUT2D eigenvalue weighted by atomic mass is 10.2. The van der Waals surface area contributed by atoms with Gasteiger partial charge in [-0.05, 0) is 24.5 Å². The Morgan fingerprint density at radius 2 is 2.43 bits per heavy atom. The van der Waals surface area contributed by atoms with Crippen LogP contribution in [0.15, 0.2) is 23.1 Å². The number of pyridine rings is 1. The largest absolute Gasteiger partial charge is 0.394 e. The van der Waals surface area contributed by atoms with Crippen LogP contribution in [0.3, 0.4) is 0 Å². The summed E-state index contributed by atoms with van der Waals surface area (Å²) in [5.41, 5.74) is 5.20. The molecule has 4 nitrogen and oxygen atoms in total. The van der Waals surface area contributed by atoms with Crippen molar-refractivity contribution in [2.45, 2.75) is 13.3 Å².